The van der Waals surface area contributed by atoms with Crippen molar-refractivity contribution in [1.29, 1.82) is 0 Å². The van der Waals surface area contributed by atoms with Crippen LogP contribution in [0.1, 0.15) is 45.4 Å². The lowest BCUT2D eigenvalue weighted by Crippen LogP contribution is -2.34. The average Bonchev–Trinajstić information content (AvgIpc) is 2.84. The smallest absolute Gasteiger partial charge is 0.245 e. The molecule has 0 unspecified atom stereocenters. The Labute approximate surface area is 197 Å². The molecule has 2 aromatic rings. The van der Waals surface area contributed by atoms with E-state index >= 15 is 0 Å². The van der Waals surface area contributed by atoms with Crippen LogP contribution in [-0.4, -0.2) is 44.3 Å². The van der Waals surface area contributed by atoms with Gasteiger partial charge in [-0.25, -0.2) is 0 Å². The molecule has 2 amide bonds. The second-order valence-corrected chi connectivity index (χ2v) is 10.9. The number of rotatable bonds is 16. The molecule has 0 aromatic heterocycles. The number of hydrogen-bond acceptors (Lipinski definition) is 4. The molecule has 33 heavy (non-hydrogen) atoms. The molecule has 0 aliphatic carbocycles. The third-order valence-corrected chi connectivity index (χ3v) is 8.36. The van der Waals surface area contributed by atoms with Crippen LogP contribution in [0.15, 0.2) is 60.7 Å². The van der Waals surface area contributed by atoms with E-state index in [0.29, 0.717) is 17.2 Å². The third-order valence-electron chi connectivity index (χ3n) is 5.37. The van der Waals surface area contributed by atoms with Crippen molar-refractivity contribution in [3.8, 4) is 0 Å². The van der Waals surface area contributed by atoms with Crippen LogP contribution in [0.3, 0.4) is 0 Å². The Kier molecular flexibility index (Phi) is 12.5. The van der Waals surface area contributed by atoms with Crippen molar-refractivity contribution in [3.05, 3.63) is 60.7 Å². The maximum Gasteiger partial charge on any atom is 0.245 e. The molecule has 0 atom stereocenters. The van der Waals surface area contributed by atoms with Gasteiger partial charge in [0.05, 0.1) is 12.8 Å². The van der Waals surface area contributed by atoms with Gasteiger partial charge in [-0.2, -0.15) is 0 Å². The fraction of sp³-hybridized carbons (Fsp3) is 0.462. The van der Waals surface area contributed by atoms with E-state index in [4.69, 9.17) is 4.74 Å². The summed E-state index contributed by atoms with van der Waals surface area (Å²) in [7, 11) is -3.09. The van der Waals surface area contributed by atoms with Gasteiger partial charge in [0, 0.05) is 23.7 Å². The van der Waals surface area contributed by atoms with Crippen LogP contribution in [0, 0.1) is 0 Å². The van der Waals surface area contributed by atoms with Crippen molar-refractivity contribution < 1.29 is 18.9 Å². The van der Waals surface area contributed by atoms with Crippen molar-refractivity contribution in [2.24, 2.45) is 0 Å². The van der Waals surface area contributed by atoms with E-state index < -0.39 is 7.14 Å². The van der Waals surface area contributed by atoms with Crippen molar-refractivity contribution in [2.75, 3.05) is 32.5 Å². The second kappa shape index (κ2) is 15.4. The number of unbranched alkanes of at least 4 members (excludes halogenated alkanes) is 5. The Hall–Kier alpha value is -2.43. The summed E-state index contributed by atoms with van der Waals surface area (Å²) < 4.78 is 19.2. The number of carbonyl (C=O) groups excluding carboxylic acids is 2. The van der Waals surface area contributed by atoms with Gasteiger partial charge in [-0.05, 0) is 6.42 Å². The Bertz CT molecular complexity index is 831. The quantitative estimate of drug-likeness (QED) is 0.289. The van der Waals surface area contributed by atoms with Gasteiger partial charge >= 0.3 is 0 Å². The van der Waals surface area contributed by atoms with E-state index in [2.05, 4.69) is 17.6 Å². The standard InChI is InChI=1S/C26H37N2O4P/c1-2-3-4-5-6-13-18-27-25(29)21-32-20-19-28-26(30)22-33(31,23-14-9-7-10-15-23)24-16-11-8-12-17-24/h7-12,14-17H,2-6,13,18-22H2,1H3,(H,27,29)(H,28,30). The summed E-state index contributed by atoms with van der Waals surface area (Å²) in [5.41, 5.74) is 0. The number of hydrogen-bond donors (Lipinski definition) is 2. The molecule has 2 rings (SSSR count). The summed E-state index contributed by atoms with van der Waals surface area (Å²) in [6.07, 6.45) is 6.96. The molecule has 0 fully saturated rings. The van der Waals surface area contributed by atoms with Crippen molar-refractivity contribution in [1.82, 2.24) is 10.6 Å². The van der Waals surface area contributed by atoms with Crippen LogP contribution in [0.4, 0.5) is 0 Å². The first-order chi connectivity index (χ1) is 16.1. The maximum absolute atomic E-state index is 13.9. The minimum atomic E-state index is -3.09. The number of benzene rings is 2. The molecular weight excluding hydrogens is 435 g/mol. The third kappa shape index (κ3) is 9.93. The second-order valence-electron chi connectivity index (χ2n) is 8.09. The van der Waals surface area contributed by atoms with E-state index in [1.54, 1.807) is 24.3 Å². The molecule has 0 spiro atoms. The normalized spacial score (nSPS) is 11.2. The fourth-order valence-electron chi connectivity index (χ4n) is 3.54. The molecule has 0 heterocycles. The van der Waals surface area contributed by atoms with Crippen molar-refractivity contribution in [2.45, 2.75) is 45.4 Å². The minimum absolute atomic E-state index is 0.0295. The van der Waals surface area contributed by atoms with E-state index in [1.165, 1.54) is 25.7 Å². The zero-order chi connectivity index (χ0) is 23.8. The first-order valence-corrected chi connectivity index (χ1v) is 13.8. The van der Waals surface area contributed by atoms with Crippen molar-refractivity contribution in [3.63, 3.8) is 0 Å². The molecule has 0 bridgehead atoms. The van der Waals surface area contributed by atoms with Gasteiger partial charge in [-0.1, -0.05) is 99.7 Å². The van der Waals surface area contributed by atoms with Crippen LogP contribution >= 0.6 is 7.14 Å². The Balaban J connectivity index is 1.68. The Morgan fingerprint density at radius 1 is 0.758 bits per heavy atom. The van der Waals surface area contributed by atoms with Gasteiger partial charge in [0.1, 0.15) is 6.61 Å². The van der Waals surface area contributed by atoms with E-state index in [1.807, 2.05) is 36.4 Å². The summed E-state index contributed by atoms with van der Waals surface area (Å²) in [5.74, 6) is -0.449. The predicted octanol–water partition coefficient (Wildman–Crippen LogP) is 3.61. The summed E-state index contributed by atoms with van der Waals surface area (Å²) in [6, 6.07) is 18.2. The van der Waals surface area contributed by atoms with E-state index in [9.17, 15) is 14.2 Å². The van der Waals surface area contributed by atoms with E-state index in [0.717, 1.165) is 12.8 Å². The minimum Gasteiger partial charge on any atom is -0.370 e. The Morgan fingerprint density at radius 2 is 1.30 bits per heavy atom. The monoisotopic (exact) mass is 472 g/mol. The fourth-order valence-corrected chi connectivity index (χ4v) is 6.03. The highest BCUT2D eigenvalue weighted by Gasteiger charge is 2.29. The molecular formula is C26H37N2O4P. The van der Waals surface area contributed by atoms with E-state index in [-0.39, 0.29) is 37.7 Å². The SMILES string of the molecule is CCCCCCCCNC(=O)COCCNC(=O)CP(=O)(c1ccccc1)c1ccccc1. The summed E-state index contributed by atoms with van der Waals surface area (Å²) in [6.45, 7) is 3.31. The molecule has 6 nitrogen and oxygen atoms in total. The van der Waals surface area contributed by atoms with Crippen LogP contribution in [-0.2, 0) is 18.9 Å². The van der Waals surface area contributed by atoms with Crippen LogP contribution in [0.2, 0.25) is 0 Å². The topological polar surface area (TPSA) is 84.5 Å². The molecule has 2 aromatic carbocycles. The summed E-state index contributed by atoms with van der Waals surface area (Å²) >= 11 is 0. The first-order valence-electron chi connectivity index (χ1n) is 11.9. The van der Waals surface area contributed by atoms with Crippen LogP contribution in [0.5, 0.6) is 0 Å². The van der Waals surface area contributed by atoms with Gasteiger partial charge in [0.15, 0.2) is 7.14 Å². The molecule has 0 radical (unpaired) electrons. The number of ether oxygens (including phenoxy) is 1. The number of carbonyl (C=O) groups is 2. The molecule has 0 saturated heterocycles. The lowest BCUT2D eigenvalue weighted by molar-refractivity contribution is -0.125. The summed E-state index contributed by atoms with van der Waals surface area (Å²) in [5, 5.41) is 6.93. The van der Waals surface area contributed by atoms with Crippen molar-refractivity contribution >= 4 is 29.6 Å². The maximum atomic E-state index is 13.9. The first kappa shape index (κ1) is 26.8. The molecule has 0 saturated carbocycles. The molecule has 0 aliphatic heterocycles. The number of nitrogens with one attached hydrogen (secondary N) is 2. The molecule has 7 heteroatoms. The lowest BCUT2D eigenvalue weighted by atomic mass is 10.1. The van der Waals surface area contributed by atoms with Crippen LogP contribution in [0.25, 0.3) is 0 Å². The summed E-state index contributed by atoms with van der Waals surface area (Å²) in [4.78, 5) is 24.4. The van der Waals surface area contributed by atoms with Crippen LogP contribution < -0.4 is 21.2 Å². The Morgan fingerprint density at radius 3 is 1.91 bits per heavy atom. The predicted molar refractivity (Wildman–Crippen MR) is 135 cm³/mol. The zero-order valence-electron chi connectivity index (χ0n) is 19.6. The highest BCUT2D eigenvalue weighted by atomic mass is 31.2. The lowest BCUT2D eigenvalue weighted by Gasteiger charge is -2.19. The van der Waals surface area contributed by atoms with Gasteiger partial charge in [-0.3, -0.25) is 9.59 Å². The largest absolute Gasteiger partial charge is 0.370 e. The highest BCUT2D eigenvalue weighted by Crippen LogP contribution is 2.42. The average molecular weight is 473 g/mol. The zero-order valence-corrected chi connectivity index (χ0v) is 20.5. The number of amides is 2. The van der Waals surface area contributed by atoms with Gasteiger partial charge < -0.3 is 19.9 Å². The van der Waals surface area contributed by atoms with Gasteiger partial charge in [-0.15, -0.1) is 0 Å². The van der Waals surface area contributed by atoms with Gasteiger partial charge in [0.2, 0.25) is 11.8 Å². The molecule has 180 valence electrons. The molecule has 2 N–H and O–H groups in total. The highest BCUT2D eigenvalue weighted by molar-refractivity contribution is 7.79. The molecule has 0 aliphatic rings. The van der Waals surface area contributed by atoms with Gasteiger partial charge in [0.25, 0.3) is 0 Å².